The minimum atomic E-state index is -0.916. The highest BCUT2D eigenvalue weighted by atomic mass is 19.1. The first kappa shape index (κ1) is 19.7. The van der Waals surface area contributed by atoms with Gasteiger partial charge in [0, 0.05) is 36.5 Å². The highest BCUT2D eigenvalue weighted by Gasteiger charge is 2.43. The molecule has 32 heavy (non-hydrogen) atoms. The summed E-state index contributed by atoms with van der Waals surface area (Å²) in [5, 5.41) is 18.4. The van der Waals surface area contributed by atoms with E-state index >= 15 is 0 Å². The molecule has 1 aliphatic carbocycles. The van der Waals surface area contributed by atoms with Gasteiger partial charge in [-0.3, -0.25) is 9.67 Å². The molecule has 0 amide bonds. The van der Waals surface area contributed by atoms with Gasteiger partial charge in [-0.2, -0.15) is 5.10 Å². The van der Waals surface area contributed by atoms with Crippen molar-refractivity contribution in [3.05, 3.63) is 43.0 Å². The van der Waals surface area contributed by atoms with Gasteiger partial charge in [0.25, 0.3) is 0 Å². The number of piperidine rings is 1. The summed E-state index contributed by atoms with van der Waals surface area (Å²) < 4.78 is 16.9. The first-order valence-electron chi connectivity index (χ1n) is 11.4. The van der Waals surface area contributed by atoms with Crippen molar-refractivity contribution in [3.63, 3.8) is 0 Å². The fourth-order valence-electron chi connectivity index (χ4n) is 5.11. The maximum atomic E-state index is 14.9. The molecule has 0 spiro atoms. The van der Waals surface area contributed by atoms with Crippen LogP contribution in [0.25, 0.3) is 22.4 Å². The van der Waals surface area contributed by atoms with Crippen LogP contribution >= 0.6 is 0 Å². The Morgan fingerprint density at radius 1 is 1.09 bits per heavy atom. The van der Waals surface area contributed by atoms with E-state index in [4.69, 9.17) is 0 Å². The Morgan fingerprint density at radius 2 is 1.97 bits per heavy atom. The molecule has 0 unspecified atom stereocenters. The molecule has 3 aromatic rings. The third-order valence-electron chi connectivity index (χ3n) is 7.18. The lowest BCUT2D eigenvalue weighted by Gasteiger charge is -2.38. The van der Waals surface area contributed by atoms with E-state index in [1.54, 1.807) is 18.5 Å². The van der Waals surface area contributed by atoms with Gasteiger partial charge in [0.2, 0.25) is 0 Å². The molecule has 7 nitrogen and oxygen atoms in total. The first-order chi connectivity index (χ1) is 15.6. The number of hydrogen-bond acceptors (Lipinski definition) is 6. The number of nitrogens with zero attached hydrogens (tertiary/aromatic N) is 5. The number of rotatable bonds is 5. The van der Waals surface area contributed by atoms with Gasteiger partial charge in [0.05, 0.1) is 36.4 Å². The summed E-state index contributed by atoms with van der Waals surface area (Å²) >= 11 is 0. The molecule has 166 valence electrons. The number of aromatic hydroxyl groups is 1. The van der Waals surface area contributed by atoms with Crippen LogP contribution in [0.4, 0.5) is 10.2 Å². The fraction of sp³-hybridized carbons (Fsp3) is 0.458. The van der Waals surface area contributed by atoms with Crippen LogP contribution in [0.5, 0.6) is 5.75 Å². The molecule has 8 heteroatoms. The average molecular weight is 435 g/mol. The second kappa shape index (κ2) is 7.55. The Morgan fingerprint density at radius 3 is 2.72 bits per heavy atom. The molecule has 0 radical (unpaired) electrons. The predicted octanol–water partition coefficient (Wildman–Crippen LogP) is 3.71. The monoisotopic (exact) mass is 434 g/mol. The molecule has 1 aromatic carbocycles. The van der Waals surface area contributed by atoms with Gasteiger partial charge in [0.1, 0.15) is 17.7 Å². The van der Waals surface area contributed by atoms with Gasteiger partial charge >= 0.3 is 0 Å². The zero-order chi connectivity index (χ0) is 21.8. The zero-order valence-electron chi connectivity index (χ0n) is 18.0. The number of benzene rings is 1. The van der Waals surface area contributed by atoms with Gasteiger partial charge < -0.3 is 15.3 Å². The molecular formula is C24H27FN6O. The largest absolute Gasteiger partial charge is 0.507 e. The minimum absolute atomic E-state index is 0.0553. The van der Waals surface area contributed by atoms with Crippen LogP contribution in [0, 0.1) is 0 Å². The first-order valence-corrected chi connectivity index (χ1v) is 11.4. The Hall–Kier alpha value is -3.00. The van der Waals surface area contributed by atoms with E-state index in [0.717, 1.165) is 30.4 Å². The van der Waals surface area contributed by atoms with E-state index < -0.39 is 6.17 Å². The maximum absolute atomic E-state index is 14.9. The van der Waals surface area contributed by atoms with Crippen molar-refractivity contribution in [2.75, 3.05) is 11.9 Å². The normalized spacial score (nSPS) is 26.9. The molecule has 3 fully saturated rings. The van der Waals surface area contributed by atoms with E-state index in [-0.39, 0.29) is 17.8 Å². The van der Waals surface area contributed by atoms with Crippen LogP contribution in [0.3, 0.4) is 0 Å². The van der Waals surface area contributed by atoms with E-state index in [0.29, 0.717) is 29.2 Å². The van der Waals surface area contributed by atoms with Crippen molar-refractivity contribution in [2.45, 2.75) is 62.4 Å². The number of nitrogens with one attached hydrogen (secondary N) is 1. The zero-order valence-corrected chi connectivity index (χ0v) is 18.0. The standard InChI is InChI=1S/C24H27FN6O/c1-30(21-9-16-3-7-19(29-16)24(21)25)23-12-26-20(11-27-23)18-6-2-14(8-22(18)32)15-10-28-31(13-15)17-4-5-17/h2,6,8,10-13,16-17,19,21,24,29,32H,3-5,7,9H2,1H3/t16-,19+,21-,24+/m0/s1. The Labute approximate surface area is 186 Å². The summed E-state index contributed by atoms with van der Waals surface area (Å²) in [6.07, 6.45) is 11.3. The lowest BCUT2D eigenvalue weighted by molar-refractivity contribution is 0.176. The maximum Gasteiger partial charge on any atom is 0.147 e. The molecule has 2 N–H and O–H groups in total. The van der Waals surface area contributed by atoms with E-state index in [1.807, 2.05) is 41.2 Å². The van der Waals surface area contributed by atoms with Crippen LogP contribution in [0.1, 0.15) is 38.1 Å². The molecule has 2 saturated heterocycles. The van der Waals surface area contributed by atoms with E-state index in [9.17, 15) is 9.50 Å². The Balaban J connectivity index is 1.20. The summed E-state index contributed by atoms with van der Waals surface area (Å²) in [4.78, 5) is 11.0. The van der Waals surface area contributed by atoms with Crippen LogP contribution in [-0.4, -0.2) is 56.2 Å². The average Bonchev–Trinajstić information content (AvgIpc) is 3.40. The van der Waals surface area contributed by atoms with Gasteiger partial charge in [0.15, 0.2) is 0 Å². The van der Waals surface area contributed by atoms with Crippen molar-refractivity contribution in [1.82, 2.24) is 25.1 Å². The molecule has 2 aromatic heterocycles. The molecule has 6 rings (SSSR count). The van der Waals surface area contributed by atoms with Crippen molar-refractivity contribution in [2.24, 2.45) is 0 Å². The summed E-state index contributed by atoms with van der Waals surface area (Å²) in [5.41, 5.74) is 3.10. The van der Waals surface area contributed by atoms with Crippen LogP contribution < -0.4 is 10.2 Å². The van der Waals surface area contributed by atoms with E-state index in [1.165, 1.54) is 12.8 Å². The number of fused-ring (bicyclic) bond motifs is 2. The van der Waals surface area contributed by atoms with Gasteiger partial charge in [-0.25, -0.2) is 9.37 Å². The molecule has 4 heterocycles. The van der Waals surface area contributed by atoms with Crippen LogP contribution in [-0.2, 0) is 0 Å². The van der Waals surface area contributed by atoms with Crippen molar-refractivity contribution < 1.29 is 9.50 Å². The number of hydrogen-bond donors (Lipinski definition) is 2. The number of aromatic nitrogens is 4. The highest BCUT2D eigenvalue weighted by Crippen LogP contribution is 2.37. The molecule has 4 atom stereocenters. The summed E-state index contributed by atoms with van der Waals surface area (Å²) in [7, 11) is 1.89. The number of phenols is 1. The van der Waals surface area contributed by atoms with Gasteiger partial charge in [-0.1, -0.05) is 6.07 Å². The lowest BCUT2D eigenvalue weighted by Crippen LogP contribution is -2.55. The second-order valence-corrected chi connectivity index (χ2v) is 9.34. The Bertz CT molecular complexity index is 1130. The lowest BCUT2D eigenvalue weighted by atomic mass is 9.96. The topological polar surface area (TPSA) is 79.1 Å². The fourth-order valence-corrected chi connectivity index (χ4v) is 5.11. The molecule has 1 saturated carbocycles. The van der Waals surface area contributed by atoms with E-state index in [2.05, 4.69) is 20.4 Å². The van der Waals surface area contributed by atoms with Crippen molar-refractivity contribution in [3.8, 4) is 28.1 Å². The molecular weight excluding hydrogens is 407 g/mol. The van der Waals surface area contributed by atoms with Gasteiger partial charge in [-0.05, 0) is 49.8 Å². The third kappa shape index (κ3) is 3.43. The quantitative estimate of drug-likeness (QED) is 0.637. The SMILES string of the molecule is CN(c1cnc(-c2ccc(-c3cnn(C4CC4)c3)cc2O)cn1)[C@H]1C[C@@H]2CC[C@@H](N2)[C@H]1F. The highest BCUT2D eigenvalue weighted by molar-refractivity contribution is 5.73. The number of phenolic OH excluding ortho intramolecular Hbond substituents is 1. The summed E-state index contributed by atoms with van der Waals surface area (Å²) in [6.45, 7) is 0. The summed E-state index contributed by atoms with van der Waals surface area (Å²) in [6, 6.07) is 6.22. The van der Waals surface area contributed by atoms with Crippen LogP contribution in [0.2, 0.25) is 0 Å². The number of anilines is 1. The van der Waals surface area contributed by atoms with Crippen molar-refractivity contribution >= 4 is 5.82 Å². The van der Waals surface area contributed by atoms with Crippen molar-refractivity contribution in [1.29, 1.82) is 0 Å². The number of alkyl halides is 1. The molecule has 3 aliphatic rings. The predicted molar refractivity (Wildman–Crippen MR) is 120 cm³/mol. The molecule has 2 aliphatic heterocycles. The van der Waals surface area contributed by atoms with Gasteiger partial charge in [-0.15, -0.1) is 0 Å². The Kier molecular flexibility index (Phi) is 4.64. The minimum Gasteiger partial charge on any atom is -0.507 e. The van der Waals surface area contributed by atoms with Crippen LogP contribution in [0.15, 0.2) is 43.0 Å². The third-order valence-corrected chi connectivity index (χ3v) is 7.18. The second-order valence-electron chi connectivity index (χ2n) is 9.34. The number of halogens is 1. The smallest absolute Gasteiger partial charge is 0.147 e. The molecule has 2 bridgehead atoms. The summed E-state index contributed by atoms with van der Waals surface area (Å²) in [5.74, 6) is 0.794.